The van der Waals surface area contributed by atoms with Crippen LogP contribution in [0.3, 0.4) is 0 Å². The van der Waals surface area contributed by atoms with Crippen LogP contribution in [0.25, 0.3) is 0 Å². The molecule has 1 aromatic rings. The fraction of sp³-hybridized carbons (Fsp3) is 0.333. The first-order chi connectivity index (χ1) is 8.74. The highest BCUT2D eigenvalue weighted by atomic mass is 16.6. The van der Waals surface area contributed by atoms with Gasteiger partial charge in [0.1, 0.15) is 19.8 Å². The van der Waals surface area contributed by atoms with Crippen molar-refractivity contribution in [1.82, 2.24) is 5.32 Å². The summed E-state index contributed by atoms with van der Waals surface area (Å²) in [5.74, 6) is 0.979. The fourth-order valence-corrected chi connectivity index (χ4v) is 1.99. The van der Waals surface area contributed by atoms with Gasteiger partial charge in [-0.1, -0.05) is 0 Å². The van der Waals surface area contributed by atoms with Crippen molar-refractivity contribution in [2.24, 2.45) is 0 Å². The minimum absolute atomic E-state index is 0.0350. The van der Waals surface area contributed by atoms with Crippen LogP contribution in [0.1, 0.15) is 0 Å². The topological polar surface area (TPSA) is 67.9 Å². The predicted molar refractivity (Wildman–Crippen MR) is 62.8 cm³/mol. The molecule has 18 heavy (non-hydrogen) atoms. The monoisotopic (exact) mass is 248 g/mol. The van der Waals surface area contributed by atoms with Crippen molar-refractivity contribution in [3.8, 4) is 11.5 Å². The highest BCUT2D eigenvalue weighted by Gasteiger charge is 2.25. The molecule has 1 N–H and O–H groups in total. The third-order valence-electron chi connectivity index (χ3n) is 2.88. The lowest BCUT2D eigenvalue weighted by atomic mass is 10.2. The Morgan fingerprint density at radius 1 is 1.11 bits per heavy atom. The number of fused-ring (bicyclic) bond motifs is 1. The van der Waals surface area contributed by atoms with E-state index in [-0.39, 0.29) is 24.9 Å². The van der Waals surface area contributed by atoms with Crippen LogP contribution in [0, 0.1) is 0 Å². The van der Waals surface area contributed by atoms with E-state index in [1.54, 1.807) is 18.2 Å². The van der Waals surface area contributed by atoms with E-state index in [2.05, 4.69) is 5.32 Å². The van der Waals surface area contributed by atoms with Gasteiger partial charge in [0.05, 0.1) is 6.54 Å². The van der Waals surface area contributed by atoms with Crippen LogP contribution in [0.4, 0.5) is 5.69 Å². The molecule has 0 unspecified atom stereocenters. The predicted octanol–water partition coefficient (Wildman–Crippen LogP) is -0.0794. The third kappa shape index (κ3) is 1.85. The van der Waals surface area contributed by atoms with Gasteiger partial charge in [-0.05, 0) is 12.1 Å². The molecule has 1 fully saturated rings. The van der Waals surface area contributed by atoms with Gasteiger partial charge in [-0.15, -0.1) is 0 Å². The molecule has 0 spiro atoms. The smallest absolute Gasteiger partial charge is 0.246 e. The number of carbonyl (C=O) groups excluding carboxylic acids is 2. The summed E-state index contributed by atoms with van der Waals surface area (Å²) in [7, 11) is 0. The van der Waals surface area contributed by atoms with E-state index in [0.717, 1.165) is 0 Å². The summed E-state index contributed by atoms with van der Waals surface area (Å²) in [5.41, 5.74) is 0.652. The van der Waals surface area contributed by atoms with Gasteiger partial charge in [0, 0.05) is 11.8 Å². The van der Waals surface area contributed by atoms with E-state index in [1.165, 1.54) is 4.90 Å². The number of nitrogens with zero attached hydrogens (tertiary/aromatic N) is 1. The molecule has 2 amide bonds. The summed E-state index contributed by atoms with van der Waals surface area (Å²) in [5, 5.41) is 2.51. The highest BCUT2D eigenvalue weighted by Crippen LogP contribution is 2.34. The Kier molecular flexibility index (Phi) is 2.55. The molecule has 1 saturated heterocycles. The summed E-state index contributed by atoms with van der Waals surface area (Å²) in [6.45, 7) is 1.09. The second kappa shape index (κ2) is 4.21. The molecule has 94 valence electrons. The molecule has 2 aliphatic heterocycles. The molecule has 2 heterocycles. The van der Waals surface area contributed by atoms with Crippen molar-refractivity contribution in [2.75, 3.05) is 31.2 Å². The van der Waals surface area contributed by atoms with Crippen molar-refractivity contribution in [1.29, 1.82) is 0 Å². The van der Waals surface area contributed by atoms with E-state index >= 15 is 0 Å². The first-order valence-corrected chi connectivity index (χ1v) is 5.71. The lowest BCUT2D eigenvalue weighted by Crippen LogP contribution is -2.51. The van der Waals surface area contributed by atoms with Crippen LogP contribution in [0.2, 0.25) is 0 Å². The Balaban J connectivity index is 1.91. The maximum atomic E-state index is 11.7. The Hall–Kier alpha value is -2.24. The van der Waals surface area contributed by atoms with E-state index < -0.39 is 0 Å². The highest BCUT2D eigenvalue weighted by molar-refractivity contribution is 6.04. The molecule has 1 aromatic carbocycles. The largest absolute Gasteiger partial charge is 0.486 e. The minimum atomic E-state index is -0.163. The molecule has 0 bridgehead atoms. The van der Waals surface area contributed by atoms with E-state index in [4.69, 9.17) is 9.47 Å². The number of benzene rings is 1. The molecule has 0 aromatic heterocycles. The molecule has 2 aliphatic rings. The Morgan fingerprint density at radius 2 is 1.89 bits per heavy atom. The Labute approximate surface area is 103 Å². The number of amides is 2. The van der Waals surface area contributed by atoms with Crippen molar-refractivity contribution < 1.29 is 19.1 Å². The zero-order chi connectivity index (χ0) is 12.5. The maximum absolute atomic E-state index is 11.7. The normalized spacial score (nSPS) is 18.6. The molecule has 6 nitrogen and oxygen atoms in total. The summed E-state index contributed by atoms with van der Waals surface area (Å²) in [6.07, 6.45) is 0. The number of anilines is 1. The average molecular weight is 248 g/mol. The van der Waals surface area contributed by atoms with Gasteiger partial charge in [-0.25, -0.2) is 0 Å². The lowest BCUT2D eigenvalue weighted by molar-refractivity contribution is -0.128. The summed E-state index contributed by atoms with van der Waals surface area (Å²) >= 11 is 0. The van der Waals surface area contributed by atoms with Crippen molar-refractivity contribution >= 4 is 17.5 Å². The number of rotatable bonds is 1. The quantitative estimate of drug-likeness (QED) is 0.755. The number of hydrogen-bond donors (Lipinski definition) is 1. The molecule has 3 rings (SSSR count). The number of hydrogen-bond acceptors (Lipinski definition) is 4. The Bertz CT molecular complexity index is 515. The van der Waals surface area contributed by atoms with Gasteiger partial charge in [0.25, 0.3) is 0 Å². The molecule has 6 heteroatoms. The number of ether oxygens (including phenoxy) is 2. The number of piperazine rings is 1. The second-order valence-corrected chi connectivity index (χ2v) is 4.08. The van der Waals surface area contributed by atoms with Crippen LogP contribution in [0.5, 0.6) is 11.5 Å². The first-order valence-electron chi connectivity index (χ1n) is 5.71. The van der Waals surface area contributed by atoms with E-state index in [1.807, 2.05) is 0 Å². The Morgan fingerprint density at radius 3 is 2.72 bits per heavy atom. The van der Waals surface area contributed by atoms with Crippen LogP contribution in [-0.4, -0.2) is 38.1 Å². The van der Waals surface area contributed by atoms with Crippen molar-refractivity contribution in [2.45, 2.75) is 0 Å². The van der Waals surface area contributed by atoms with E-state index in [0.29, 0.717) is 30.4 Å². The number of nitrogens with one attached hydrogen (secondary N) is 1. The lowest BCUT2D eigenvalue weighted by Gasteiger charge is -2.28. The molecule has 0 atom stereocenters. The fourth-order valence-electron chi connectivity index (χ4n) is 1.99. The van der Waals surface area contributed by atoms with Gasteiger partial charge in [-0.2, -0.15) is 0 Å². The standard InChI is InChI=1S/C12H12N2O4/c15-11-7-14(12(16)6-13-11)8-1-2-9-10(5-8)18-4-3-17-9/h1-2,5H,3-4,6-7H2,(H,13,15). The maximum Gasteiger partial charge on any atom is 0.246 e. The number of carbonyl (C=O) groups is 2. The minimum Gasteiger partial charge on any atom is -0.486 e. The molecule has 0 saturated carbocycles. The van der Waals surface area contributed by atoms with Gasteiger partial charge < -0.3 is 19.7 Å². The zero-order valence-electron chi connectivity index (χ0n) is 9.64. The summed E-state index contributed by atoms with van der Waals surface area (Å²) in [4.78, 5) is 24.5. The van der Waals surface area contributed by atoms with Crippen LogP contribution < -0.4 is 19.7 Å². The van der Waals surface area contributed by atoms with Crippen LogP contribution in [0.15, 0.2) is 18.2 Å². The van der Waals surface area contributed by atoms with Gasteiger partial charge in [0.15, 0.2) is 11.5 Å². The second-order valence-electron chi connectivity index (χ2n) is 4.08. The average Bonchev–Trinajstić information content (AvgIpc) is 2.41. The van der Waals surface area contributed by atoms with Crippen molar-refractivity contribution in [3.05, 3.63) is 18.2 Å². The molecule has 0 radical (unpaired) electrons. The molecular weight excluding hydrogens is 236 g/mol. The van der Waals surface area contributed by atoms with Crippen LogP contribution >= 0.6 is 0 Å². The van der Waals surface area contributed by atoms with Gasteiger partial charge in [0.2, 0.25) is 11.8 Å². The van der Waals surface area contributed by atoms with Gasteiger partial charge in [-0.3, -0.25) is 9.59 Å². The van der Waals surface area contributed by atoms with Gasteiger partial charge >= 0.3 is 0 Å². The zero-order valence-corrected chi connectivity index (χ0v) is 9.64. The molecular formula is C12H12N2O4. The summed E-state index contributed by atoms with van der Waals surface area (Å²) < 4.78 is 10.9. The molecule has 0 aliphatic carbocycles. The first kappa shape index (κ1) is 10.9. The summed E-state index contributed by atoms with van der Waals surface area (Å²) in [6, 6.07) is 5.23. The SMILES string of the molecule is O=C1CN(c2ccc3c(c2)OCCO3)C(=O)CN1. The third-order valence-corrected chi connectivity index (χ3v) is 2.88. The van der Waals surface area contributed by atoms with Crippen LogP contribution in [-0.2, 0) is 9.59 Å². The van der Waals surface area contributed by atoms with E-state index in [9.17, 15) is 9.59 Å². The van der Waals surface area contributed by atoms with Crippen molar-refractivity contribution in [3.63, 3.8) is 0 Å².